The van der Waals surface area contributed by atoms with Gasteiger partial charge in [0.05, 0.1) is 11.6 Å². The van der Waals surface area contributed by atoms with Gasteiger partial charge in [0.1, 0.15) is 5.75 Å². The van der Waals surface area contributed by atoms with Gasteiger partial charge in [0.25, 0.3) is 5.91 Å². The van der Waals surface area contributed by atoms with Gasteiger partial charge in [-0.2, -0.15) is 5.26 Å². The summed E-state index contributed by atoms with van der Waals surface area (Å²) in [6.07, 6.45) is -0.737. The highest BCUT2D eigenvalue weighted by Crippen LogP contribution is 2.16. The average Bonchev–Trinajstić information content (AvgIpc) is 2.63. The normalized spacial score (nSPS) is 11.0. The number of aryl methyl sites for hydroxylation is 2. The van der Waals surface area contributed by atoms with Gasteiger partial charge in [-0.15, -0.1) is 0 Å². The van der Waals surface area contributed by atoms with E-state index in [1.54, 1.807) is 31.2 Å². The Morgan fingerprint density at radius 3 is 2.50 bits per heavy atom. The second-order valence-corrected chi connectivity index (χ2v) is 6.19. The molecule has 0 saturated heterocycles. The van der Waals surface area contributed by atoms with Crippen LogP contribution in [0.3, 0.4) is 0 Å². The molecule has 3 N–H and O–H groups in total. The Balaban J connectivity index is 1.83. The van der Waals surface area contributed by atoms with Crippen LogP contribution >= 0.6 is 12.2 Å². The molecule has 0 unspecified atom stereocenters. The summed E-state index contributed by atoms with van der Waals surface area (Å²) in [6.45, 7) is 5.58. The monoisotopic (exact) mass is 368 g/mol. The van der Waals surface area contributed by atoms with E-state index in [4.69, 9.17) is 22.2 Å². The highest BCUT2D eigenvalue weighted by Gasteiger charge is 2.15. The number of carbonyl (C=O) groups excluding carboxylic acids is 1. The van der Waals surface area contributed by atoms with E-state index < -0.39 is 6.10 Å². The van der Waals surface area contributed by atoms with Gasteiger partial charge in [-0.25, -0.2) is 0 Å². The van der Waals surface area contributed by atoms with Crippen molar-refractivity contribution >= 4 is 28.9 Å². The summed E-state index contributed by atoms with van der Waals surface area (Å²) in [4.78, 5) is 12.1. The summed E-state index contributed by atoms with van der Waals surface area (Å²) < 4.78 is 5.54. The minimum Gasteiger partial charge on any atom is -0.481 e. The molecule has 6 nitrogen and oxygen atoms in total. The molecule has 0 radical (unpaired) electrons. The molecule has 0 aliphatic carbocycles. The zero-order valence-corrected chi connectivity index (χ0v) is 15.6. The predicted molar refractivity (Wildman–Crippen MR) is 105 cm³/mol. The molecule has 0 aliphatic heterocycles. The van der Waals surface area contributed by atoms with Crippen molar-refractivity contribution in [2.75, 3.05) is 5.32 Å². The lowest BCUT2D eigenvalue weighted by Gasteiger charge is -2.17. The molecule has 26 heavy (non-hydrogen) atoms. The van der Waals surface area contributed by atoms with Crippen molar-refractivity contribution < 1.29 is 9.53 Å². The number of carbonyl (C=O) groups is 1. The number of nitrogens with zero attached hydrogens (tertiary/aromatic N) is 1. The number of benzene rings is 2. The number of thiocarbonyl (C=S) groups is 1. The summed E-state index contributed by atoms with van der Waals surface area (Å²) in [5, 5.41) is 12.1. The van der Waals surface area contributed by atoms with Crippen molar-refractivity contribution in [3.63, 3.8) is 0 Å². The molecule has 0 saturated carbocycles. The van der Waals surface area contributed by atoms with E-state index in [-0.39, 0.29) is 11.0 Å². The van der Waals surface area contributed by atoms with Gasteiger partial charge < -0.3 is 10.1 Å². The van der Waals surface area contributed by atoms with Crippen LogP contribution in [0.2, 0.25) is 0 Å². The first-order valence-electron chi connectivity index (χ1n) is 8.00. The van der Waals surface area contributed by atoms with Gasteiger partial charge in [0.2, 0.25) is 0 Å². The molecule has 1 amide bonds. The maximum Gasteiger partial charge on any atom is 0.279 e. The number of amides is 1. The van der Waals surface area contributed by atoms with Crippen LogP contribution in [0.25, 0.3) is 0 Å². The highest BCUT2D eigenvalue weighted by molar-refractivity contribution is 7.80. The van der Waals surface area contributed by atoms with Crippen molar-refractivity contribution in [2.45, 2.75) is 26.9 Å². The van der Waals surface area contributed by atoms with Gasteiger partial charge in [0.15, 0.2) is 11.2 Å². The number of ether oxygens (including phenoxy) is 1. The number of rotatable bonds is 4. The summed E-state index contributed by atoms with van der Waals surface area (Å²) in [5.41, 5.74) is 8.72. The quantitative estimate of drug-likeness (QED) is 0.568. The molecule has 7 heteroatoms. The Hall–Kier alpha value is -3.11. The first kappa shape index (κ1) is 19.2. The lowest BCUT2D eigenvalue weighted by atomic mass is 10.1. The van der Waals surface area contributed by atoms with Crippen molar-refractivity contribution in [1.82, 2.24) is 10.9 Å². The predicted octanol–water partition coefficient (Wildman–Crippen LogP) is 2.96. The second-order valence-electron chi connectivity index (χ2n) is 5.78. The van der Waals surface area contributed by atoms with E-state index in [1.165, 1.54) is 0 Å². The van der Waals surface area contributed by atoms with E-state index in [9.17, 15) is 4.79 Å². The third-order valence-corrected chi connectivity index (χ3v) is 3.81. The number of hydrogen-bond donors (Lipinski definition) is 3. The molecular formula is C19H20N4O2S. The molecule has 0 fully saturated rings. The number of nitriles is 1. The zero-order chi connectivity index (χ0) is 19.1. The van der Waals surface area contributed by atoms with Crippen molar-refractivity contribution in [2.24, 2.45) is 0 Å². The zero-order valence-electron chi connectivity index (χ0n) is 14.8. The van der Waals surface area contributed by atoms with E-state index in [2.05, 4.69) is 16.2 Å². The van der Waals surface area contributed by atoms with Gasteiger partial charge in [-0.1, -0.05) is 12.1 Å². The minimum atomic E-state index is -0.737. The third kappa shape index (κ3) is 5.46. The first-order valence-corrected chi connectivity index (χ1v) is 8.41. The molecule has 0 aliphatic rings. The van der Waals surface area contributed by atoms with Crippen LogP contribution in [-0.2, 0) is 4.79 Å². The molecule has 2 rings (SSSR count). The minimum absolute atomic E-state index is 0.276. The Morgan fingerprint density at radius 2 is 1.85 bits per heavy atom. The van der Waals surface area contributed by atoms with Crippen LogP contribution in [0.5, 0.6) is 5.75 Å². The van der Waals surface area contributed by atoms with Gasteiger partial charge in [-0.3, -0.25) is 15.6 Å². The molecule has 2 aromatic carbocycles. The molecule has 0 heterocycles. The topological polar surface area (TPSA) is 86.2 Å². The molecule has 134 valence electrons. The maximum atomic E-state index is 12.1. The Bertz CT molecular complexity index is 844. The molecule has 0 spiro atoms. The Labute approximate surface area is 158 Å². The van der Waals surface area contributed by atoms with E-state index in [0.717, 1.165) is 16.8 Å². The molecule has 0 aromatic heterocycles. The summed E-state index contributed by atoms with van der Waals surface area (Å²) in [7, 11) is 0. The molecule has 1 atom stereocenters. The lowest BCUT2D eigenvalue weighted by Crippen LogP contribution is -2.48. The third-order valence-electron chi connectivity index (χ3n) is 3.61. The fourth-order valence-corrected chi connectivity index (χ4v) is 2.27. The second kappa shape index (κ2) is 8.83. The summed E-state index contributed by atoms with van der Waals surface area (Å²) in [5.74, 6) is 0.127. The van der Waals surface area contributed by atoms with E-state index in [0.29, 0.717) is 11.3 Å². The number of hydrazine groups is 1. The van der Waals surface area contributed by atoms with Gasteiger partial charge >= 0.3 is 0 Å². The van der Waals surface area contributed by atoms with Crippen LogP contribution in [0.1, 0.15) is 23.6 Å². The summed E-state index contributed by atoms with van der Waals surface area (Å²) >= 11 is 5.19. The van der Waals surface area contributed by atoms with Gasteiger partial charge in [-0.05, 0) is 74.4 Å². The SMILES string of the molecule is Cc1ccc(C)c(NC(=S)NNC(=O)[C@@H](C)Oc2ccc(C#N)cc2)c1. The van der Waals surface area contributed by atoms with Crippen LogP contribution in [-0.4, -0.2) is 17.1 Å². The van der Waals surface area contributed by atoms with Crippen LogP contribution in [0.15, 0.2) is 42.5 Å². The van der Waals surface area contributed by atoms with Crippen molar-refractivity contribution in [3.05, 3.63) is 59.2 Å². The summed E-state index contributed by atoms with van der Waals surface area (Å²) in [6, 6.07) is 14.5. The first-order chi connectivity index (χ1) is 12.4. The molecule has 2 aromatic rings. The van der Waals surface area contributed by atoms with E-state index in [1.807, 2.05) is 38.1 Å². The highest BCUT2D eigenvalue weighted by atomic mass is 32.1. The fourth-order valence-electron chi connectivity index (χ4n) is 2.11. The average molecular weight is 368 g/mol. The van der Waals surface area contributed by atoms with Crippen molar-refractivity contribution in [1.29, 1.82) is 5.26 Å². The number of anilines is 1. The van der Waals surface area contributed by atoms with Crippen LogP contribution in [0.4, 0.5) is 5.69 Å². The fraction of sp³-hybridized carbons (Fsp3) is 0.211. The smallest absolute Gasteiger partial charge is 0.279 e. The Morgan fingerprint density at radius 1 is 1.15 bits per heavy atom. The Kier molecular flexibility index (Phi) is 6.53. The largest absolute Gasteiger partial charge is 0.481 e. The molecule has 0 bridgehead atoms. The van der Waals surface area contributed by atoms with Gasteiger partial charge in [0, 0.05) is 5.69 Å². The standard InChI is InChI=1S/C19H20N4O2S/c1-12-4-5-13(2)17(10-12)21-19(26)23-22-18(24)14(3)25-16-8-6-15(11-20)7-9-16/h4-10,14H,1-3H3,(H,22,24)(H2,21,23,26)/t14-/m1/s1. The number of nitrogens with one attached hydrogen (secondary N) is 3. The number of hydrogen-bond acceptors (Lipinski definition) is 4. The lowest BCUT2D eigenvalue weighted by molar-refractivity contribution is -0.127. The molecular weight excluding hydrogens is 348 g/mol. The van der Waals surface area contributed by atoms with E-state index >= 15 is 0 Å². The van der Waals surface area contributed by atoms with Crippen LogP contribution < -0.4 is 20.9 Å². The maximum absolute atomic E-state index is 12.1. The van der Waals surface area contributed by atoms with Crippen molar-refractivity contribution in [3.8, 4) is 11.8 Å². The van der Waals surface area contributed by atoms with Crippen LogP contribution in [0, 0.1) is 25.2 Å².